The van der Waals surface area contributed by atoms with E-state index in [1.54, 1.807) is 6.07 Å². The standard InChI is InChI=1S/C12H13FN4O4/c13-8-9(19)6(4-18)21-11(8)17-3-5-1-2-7(14)15-10(5)16-12(17)20/h1-3,6,8-9,11,18-19H,4H2,(H2,14,15,16,20). The van der Waals surface area contributed by atoms with Crippen molar-refractivity contribution in [2.75, 3.05) is 12.3 Å². The zero-order chi connectivity index (χ0) is 15.1. The second-order valence-electron chi connectivity index (χ2n) is 4.76. The van der Waals surface area contributed by atoms with Crippen LogP contribution in [-0.4, -0.2) is 49.7 Å². The van der Waals surface area contributed by atoms with E-state index in [1.807, 2.05) is 0 Å². The molecular formula is C12H13FN4O4. The van der Waals surface area contributed by atoms with Gasteiger partial charge in [-0.15, -0.1) is 0 Å². The maximum atomic E-state index is 14.0. The maximum Gasteiger partial charge on any atom is 0.351 e. The summed E-state index contributed by atoms with van der Waals surface area (Å²) in [5, 5.41) is 19.1. The number of nitrogens with two attached hydrogens (primary N) is 1. The largest absolute Gasteiger partial charge is 0.394 e. The van der Waals surface area contributed by atoms with E-state index >= 15 is 0 Å². The second kappa shape index (κ2) is 5.02. The number of aliphatic hydroxyl groups is 2. The van der Waals surface area contributed by atoms with Crippen LogP contribution in [0.1, 0.15) is 6.23 Å². The number of anilines is 1. The van der Waals surface area contributed by atoms with E-state index in [9.17, 15) is 14.3 Å². The van der Waals surface area contributed by atoms with Gasteiger partial charge in [0, 0.05) is 11.6 Å². The van der Waals surface area contributed by atoms with Gasteiger partial charge in [-0.1, -0.05) is 0 Å². The number of nitrogen functional groups attached to an aromatic ring is 1. The zero-order valence-electron chi connectivity index (χ0n) is 10.8. The molecule has 1 aliphatic rings. The average molecular weight is 296 g/mol. The van der Waals surface area contributed by atoms with E-state index < -0.39 is 36.9 Å². The lowest BCUT2D eigenvalue weighted by Gasteiger charge is -2.16. The third-order valence-electron chi connectivity index (χ3n) is 3.38. The van der Waals surface area contributed by atoms with Crippen LogP contribution < -0.4 is 11.4 Å². The fourth-order valence-electron chi connectivity index (χ4n) is 2.28. The first-order chi connectivity index (χ1) is 10.0. The minimum absolute atomic E-state index is 0.143. The summed E-state index contributed by atoms with van der Waals surface area (Å²) in [6.07, 6.45) is -4.45. The van der Waals surface area contributed by atoms with E-state index in [1.165, 1.54) is 12.3 Å². The predicted octanol–water partition coefficient (Wildman–Crippen LogP) is -1.04. The van der Waals surface area contributed by atoms with Gasteiger partial charge < -0.3 is 20.7 Å². The van der Waals surface area contributed by atoms with Crippen molar-refractivity contribution < 1.29 is 19.3 Å². The van der Waals surface area contributed by atoms with Crippen molar-refractivity contribution in [3.05, 3.63) is 28.8 Å². The Morgan fingerprint density at radius 1 is 1.43 bits per heavy atom. The van der Waals surface area contributed by atoms with E-state index in [0.29, 0.717) is 5.39 Å². The fourth-order valence-corrected chi connectivity index (χ4v) is 2.28. The average Bonchev–Trinajstić information content (AvgIpc) is 2.74. The van der Waals surface area contributed by atoms with Crippen LogP contribution in [0.5, 0.6) is 0 Å². The first kappa shape index (κ1) is 13.9. The number of hydrogen-bond donors (Lipinski definition) is 3. The van der Waals surface area contributed by atoms with Crippen LogP contribution in [0.15, 0.2) is 23.1 Å². The Balaban J connectivity index is 2.07. The first-order valence-corrected chi connectivity index (χ1v) is 6.25. The van der Waals surface area contributed by atoms with Crippen molar-refractivity contribution in [2.24, 2.45) is 0 Å². The highest BCUT2D eigenvalue weighted by Crippen LogP contribution is 2.31. The van der Waals surface area contributed by atoms with E-state index in [0.717, 1.165) is 4.57 Å². The first-order valence-electron chi connectivity index (χ1n) is 6.25. The van der Waals surface area contributed by atoms with Crippen molar-refractivity contribution >= 4 is 16.9 Å². The minimum atomic E-state index is -1.85. The van der Waals surface area contributed by atoms with Gasteiger partial charge >= 0.3 is 5.69 Å². The van der Waals surface area contributed by atoms with Crippen LogP contribution in [0.3, 0.4) is 0 Å². The lowest BCUT2D eigenvalue weighted by molar-refractivity contribution is -0.0489. The number of alkyl halides is 1. The van der Waals surface area contributed by atoms with Gasteiger partial charge in [-0.2, -0.15) is 4.98 Å². The van der Waals surface area contributed by atoms with Gasteiger partial charge in [0.05, 0.1) is 6.61 Å². The van der Waals surface area contributed by atoms with Crippen molar-refractivity contribution in [1.82, 2.24) is 14.5 Å². The topological polar surface area (TPSA) is 123 Å². The highest BCUT2D eigenvalue weighted by Gasteiger charge is 2.45. The molecule has 1 saturated heterocycles. The summed E-state index contributed by atoms with van der Waals surface area (Å²) in [5.74, 6) is 0.211. The second-order valence-corrected chi connectivity index (χ2v) is 4.76. The van der Waals surface area contributed by atoms with Gasteiger partial charge in [-0.25, -0.2) is 14.2 Å². The number of fused-ring (bicyclic) bond motifs is 1. The zero-order valence-corrected chi connectivity index (χ0v) is 10.8. The van der Waals surface area contributed by atoms with E-state index in [-0.39, 0.29) is 11.5 Å². The van der Waals surface area contributed by atoms with Crippen molar-refractivity contribution in [3.8, 4) is 0 Å². The quantitative estimate of drug-likeness (QED) is 0.647. The summed E-state index contributed by atoms with van der Waals surface area (Å²) in [7, 11) is 0. The molecule has 2 aromatic rings. The molecule has 0 bridgehead atoms. The fraction of sp³-hybridized carbons (Fsp3) is 0.417. The molecule has 1 aliphatic heterocycles. The van der Waals surface area contributed by atoms with Crippen LogP contribution in [0.25, 0.3) is 11.0 Å². The van der Waals surface area contributed by atoms with Crippen LogP contribution >= 0.6 is 0 Å². The van der Waals surface area contributed by atoms with E-state index in [2.05, 4.69) is 9.97 Å². The molecule has 0 aromatic carbocycles. The SMILES string of the molecule is Nc1ccc2cn(C3OC(CO)C(O)C3F)c(=O)nc2n1. The molecule has 3 heterocycles. The smallest absolute Gasteiger partial charge is 0.351 e. The Morgan fingerprint density at radius 2 is 2.19 bits per heavy atom. The summed E-state index contributed by atoms with van der Waals surface area (Å²) in [6, 6.07) is 3.11. The Bertz CT molecular complexity index is 737. The van der Waals surface area contributed by atoms with Gasteiger partial charge in [-0.3, -0.25) is 4.57 Å². The molecule has 4 unspecified atom stereocenters. The molecule has 0 aliphatic carbocycles. The van der Waals surface area contributed by atoms with Crippen LogP contribution in [0.4, 0.5) is 10.2 Å². The molecule has 0 amide bonds. The Labute approximate surface area is 117 Å². The number of aliphatic hydroxyl groups excluding tert-OH is 2. The lowest BCUT2D eigenvalue weighted by atomic mass is 10.1. The number of hydrogen-bond acceptors (Lipinski definition) is 7. The van der Waals surface area contributed by atoms with Gasteiger partial charge in [0.15, 0.2) is 18.0 Å². The van der Waals surface area contributed by atoms with E-state index in [4.69, 9.17) is 15.6 Å². The Kier molecular flexibility index (Phi) is 3.32. The number of ether oxygens (including phenoxy) is 1. The molecule has 112 valence electrons. The molecular weight excluding hydrogens is 283 g/mol. The number of rotatable bonds is 2. The van der Waals surface area contributed by atoms with Gasteiger partial charge in [0.1, 0.15) is 18.0 Å². The molecule has 4 atom stereocenters. The highest BCUT2D eigenvalue weighted by atomic mass is 19.1. The highest BCUT2D eigenvalue weighted by molar-refractivity contribution is 5.74. The normalized spacial score (nSPS) is 29.1. The molecule has 21 heavy (non-hydrogen) atoms. The van der Waals surface area contributed by atoms with Crippen molar-refractivity contribution in [1.29, 1.82) is 0 Å². The lowest BCUT2D eigenvalue weighted by Crippen LogP contribution is -2.33. The molecule has 0 saturated carbocycles. The summed E-state index contributed by atoms with van der Waals surface area (Å²) in [4.78, 5) is 19.6. The third kappa shape index (κ3) is 2.24. The number of nitrogens with zero attached hydrogens (tertiary/aromatic N) is 3. The molecule has 0 radical (unpaired) electrons. The van der Waals surface area contributed by atoms with Gasteiger partial charge in [0.2, 0.25) is 0 Å². The summed E-state index contributed by atoms with van der Waals surface area (Å²) >= 11 is 0. The number of pyridine rings is 1. The minimum Gasteiger partial charge on any atom is -0.394 e. The summed E-state index contributed by atoms with van der Waals surface area (Å²) in [6.45, 7) is -0.550. The summed E-state index contributed by atoms with van der Waals surface area (Å²) in [5.41, 5.74) is 4.87. The van der Waals surface area contributed by atoms with Gasteiger partial charge in [-0.05, 0) is 12.1 Å². The molecule has 1 fully saturated rings. The molecule has 9 heteroatoms. The van der Waals surface area contributed by atoms with Crippen molar-refractivity contribution in [2.45, 2.75) is 24.6 Å². The van der Waals surface area contributed by atoms with Crippen molar-refractivity contribution in [3.63, 3.8) is 0 Å². The molecule has 4 N–H and O–H groups in total. The predicted molar refractivity (Wildman–Crippen MR) is 70.1 cm³/mol. The molecule has 3 rings (SSSR count). The number of halogens is 1. The molecule has 0 spiro atoms. The summed E-state index contributed by atoms with van der Waals surface area (Å²) < 4.78 is 20.2. The maximum absolute atomic E-state index is 14.0. The van der Waals surface area contributed by atoms with Crippen LogP contribution in [-0.2, 0) is 4.74 Å². The molecule has 8 nitrogen and oxygen atoms in total. The number of aromatic nitrogens is 3. The monoisotopic (exact) mass is 296 g/mol. The molecule has 2 aromatic heterocycles. The van der Waals surface area contributed by atoms with Gasteiger partial charge in [0.25, 0.3) is 0 Å². The third-order valence-corrected chi connectivity index (χ3v) is 3.38. The Morgan fingerprint density at radius 3 is 2.86 bits per heavy atom. The van der Waals surface area contributed by atoms with Crippen LogP contribution in [0, 0.1) is 0 Å². The Hall–Kier alpha value is -2.10. The van der Waals surface area contributed by atoms with Crippen LogP contribution in [0.2, 0.25) is 0 Å².